The van der Waals surface area contributed by atoms with Crippen molar-refractivity contribution in [1.29, 1.82) is 0 Å². The van der Waals surface area contributed by atoms with Crippen molar-refractivity contribution in [3.05, 3.63) is 36.0 Å². The number of aromatic nitrogens is 4. The molecule has 2 aromatic rings. The molecule has 2 aromatic heterocycles. The number of aryl methyl sites for hydroxylation is 2. The van der Waals surface area contributed by atoms with E-state index in [0.29, 0.717) is 0 Å². The minimum absolute atomic E-state index is 0.817. The third-order valence-electron chi connectivity index (χ3n) is 2.55. The van der Waals surface area contributed by atoms with Gasteiger partial charge in [0.25, 0.3) is 0 Å². The van der Waals surface area contributed by atoms with Crippen LogP contribution in [0.5, 0.6) is 0 Å². The fourth-order valence-corrected chi connectivity index (χ4v) is 1.65. The van der Waals surface area contributed by atoms with Gasteiger partial charge in [0.15, 0.2) is 5.82 Å². The van der Waals surface area contributed by atoms with Gasteiger partial charge in [-0.3, -0.25) is 0 Å². The molecule has 17 heavy (non-hydrogen) atoms. The van der Waals surface area contributed by atoms with Gasteiger partial charge in [0, 0.05) is 18.0 Å². The Morgan fingerprint density at radius 3 is 3.00 bits per heavy atom. The van der Waals surface area contributed by atoms with Gasteiger partial charge < -0.3 is 5.32 Å². The summed E-state index contributed by atoms with van der Waals surface area (Å²) in [5.41, 5.74) is 2.18. The summed E-state index contributed by atoms with van der Waals surface area (Å²) in [5, 5.41) is 7.45. The van der Waals surface area contributed by atoms with Crippen LogP contribution in [0.25, 0.3) is 5.82 Å². The fraction of sp³-hybridized carbons (Fsp3) is 0.417. The van der Waals surface area contributed by atoms with Crippen LogP contribution in [-0.2, 0) is 6.42 Å². The van der Waals surface area contributed by atoms with Crippen LogP contribution >= 0.6 is 0 Å². The summed E-state index contributed by atoms with van der Waals surface area (Å²) in [7, 11) is 1.97. The maximum atomic E-state index is 4.31. The number of nitrogens with one attached hydrogen (secondary N) is 1. The molecule has 0 bridgehead atoms. The van der Waals surface area contributed by atoms with Crippen LogP contribution in [0.15, 0.2) is 24.8 Å². The van der Waals surface area contributed by atoms with E-state index in [1.165, 1.54) is 5.56 Å². The quantitative estimate of drug-likeness (QED) is 0.784. The second-order valence-corrected chi connectivity index (χ2v) is 4.02. The molecule has 0 amide bonds. The molecule has 2 rings (SSSR count). The summed E-state index contributed by atoms with van der Waals surface area (Å²) in [5.74, 6) is 0.817. The first kappa shape index (κ1) is 11.7. The predicted octanol–water partition coefficient (Wildman–Crippen LogP) is 1.12. The summed E-state index contributed by atoms with van der Waals surface area (Å²) in [6.45, 7) is 2.97. The van der Waals surface area contributed by atoms with Crippen molar-refractivity contribution in [3.63, 3.8) is 0 Å². The molecule has 0 unspecified atom stereocenters. The molecule has 0 saturated heterocycles. The normalized spacial score (nSPS) is 10.7. The number of nitrogens with zero attached hydrogens (tertiary/aromatic N) is 4. The molecule has 1 N–H and O–H groups in total. The van der Waals surface area contributed by atoms with Crippen molar-refractivity contribution in [2.45, 2.75) is 19.8 Å². The van der Waals surface area contributed by atoms with Gasteiger partial charge in [-0.05, 0) is 38.9 Å². The van der Waals surface area contributed by atoms with Crippen molar-refractivity contribution >= 4 is 0 Å². The maximum Gasteiger partial charge on any atom is 0.156 e. The van der Waals surface area contributed by atoms with Crippen LogP contribution in [0, 0.1) is 6.92 Å². The van der Waals surface area contributed by atoms with Crippen LogP contribution in [0.2, 0.25) is 0 Å². The molecule has 0 aromatic carbocycles. The van der Waals surface area contributed by atoms with Crippen LogP contribution in [0.3, 0.4) is 0 Å². The molecule has 0 radical (unpaired) electrons. The van der Waals surface area contributed by atoms with Gasteiger partial charge in [0.2, 0.25) is 0 Å². The predicted molar refractivity (Wildman–Crippen MR) is 66.1 cm³/mol. The van der Waals surface area contributed by atoms with Gasteiger partial charge in [0.1, 0.15) is 6.33 Å². The lowest BCUT2D eigenvalue weighted by molar-refractivity contribution is 0.724. The van der Waals surface area contributed by atoms with E-state index in [1.54, 1.807) is 11.0 Å². The molecule has 90 valence electrons. The molecule has 0 aliphatic carbocycles. The maximum absolute atomic E-state index is 4.31. The smallest absolute Gasteiger partial charge is 0.156 e. The minimum atomic E-state index is 0.817. The van der Waals surface area contributed by atoms with Crippen LogP contribution < -0.4 is 5.32 Å². The van der Waals surface area contributed by atoms with Gasteiger partial charge in [0.05, 0.1) is 6.20 Å². The number of hydrogen-bond donors (Lipinski definition) is 1. The SMILES string of the molecule is CNCCCc1cnn(-c2cc(C)ncn2)c1. The summed E-state index contributed by atoms with van der Waals surface area (Å²) < 4.78 is 1.80. The van der Waals surface area contributed by atoms with Gasteiger partial charge in [-0.15, -0.1) is 0 Å². The summed E-state index contributed by atoms with van der Waals surface area (Å²) in [4.78, 5) is 8.27. The molecular formula is C12H17N5. The summed E-state index contributed by atoms with van der Waals surface area (Å²) >= 11 is 0. The molecule has 0 fully saturated rings. The highest BCUT2D eigenvalue weighted by Gasteiger charge is 2.02. The largest absolute Gasteiger partial charge is 0.320 e. The molecule has 2 heterocycles. The van der Waals surface area contributed by atoms with Gasteiger partial charge in [-0.2, -0.15) is 5.10 Å². The molecule has 0 atom stereocenters. The topological polar surface area (TPSA) is 55.6 Å². The molecule has 0 saturated carbocycles. The van der Waals surface area contributed by atoms with Crippen molar-refractivity contribution in [3.8, 4) is 5.82 Å². The van der Waals surface area contributed by atoms with Crippen LogP contribution in [0.4, 0.5) is 0 Å². The van der Waals surface area contributed by atoms with E-state index in [9.17, 15) is 0 Å². The van der Waals surface area contributed by atoms with E-state index in [0.717, 1.165) is 30.9 Å². The van der Waals surface area contributed by atoms with E-state index < -0.39 is 0 Å². The second-order valence-electron chi connectivity index (χ2n) is 4.02. The molecule has 5 heteroatoms. The highest BCUT2D eigenvalue weighted by molar-refractivity contribution is 5.23. The summed E-state index contributed by atoms with van der Waals surface area (Å²) in [6, 6.07) is 1.92. The highest BCUT2D eigenvalue weighted by Crippen LogP contribution is 2.07. The zero-order valence-corrected chi connectivity index (χ0v) is 10.2. The van der Waals surface area contributed by atoms with E-state index >= 15 is 0 Å². The second kappa shape index (κ2) is 5.54. The van der Waals surface area contributed by atoms with Gasteiger partial charge in [-0.25, -0.2) is 14.6 Å². The van der Waals surface area contributed by atoms with E-state index in [1.807, 2.05) is 32.4 Å². The first-order valence-electron chi connectivity index (χ1n) is 5.77. The Kier molecular flexibility index (Phi) is 3.82. The fourth-order valence-electron chi connectivity index (χ4n) is 1.65. The average molecular weight is 231 g/mol. The molecule has 5 nitrogen and oxygen atoms in total. The molecule has 0 aliphatic heterocycles. The number of hydrogen-bond acceptors (Lipinski definition) is 4. The molecular weight excluding hydrogens is 214 g/mol. The van der Waals surface area contributed by atoms with Crippen molar-refractivity contribution in [1.82, 2.24) is 25.1 Å². The summed E-state index contributed by atoms with van der Waals surface area (Å²) in [6.07, 6.45) is 7.63. The van der Waals surface area contributed by atoms with E-state index in [-0.39, 0.29) is 0 Å². The average Bonchev–Trinajstić information content (AvgIpc) is 2.78. The van der Waals surface area contributed by atoms with Crippen LogP contribution in [-0.4, -0.2) is 33.3 Å². The lowest BCUT2D eigenvalue weighted by atomic mass is 10.2. The van der Waals surface area contributed by atoms with Gasteiger partial charge >= 0.3 is 0 Å². The minimum Gasteiger partial charge on any atom is -0.320 e. The molecule has 0 spiro atoms. The first-order valence-corrected chi connectivity index (χ1v) is 5.77. The van der Waals surface area contributed by atoms with E-state index in [2.05, 4.69) is 20.4 Å². The Morgan fingerprint density at radius 1 is 1.35 bits per heavy atom. The Labute approximate surface area is 101 Å². The third kappa shape index (κ3) is 3.10. The Morgan fingerprint density at radius 2 is 2.24 bits per heavy atom. The van der Waals surface area contributed by atoms with Crippen molar-refractivity contribution < 1.29 is 0 Å². The third-order valence-corrected chi connectivity index (χ3v) is 2.55. The van der Waals surface area contributed by atoms with Crippen molar-refractivity contribution in [2.24, 2.45) is 0 Å². The Bertz CT molecular complexity index is 477. The highest BCUT2D eigenvalue weighted by atomic mass is 15.3. The lowest BCUT2D eigenvalue weighted by Gasteiger charge is -2.00. The van der Waals surface area contributed by atoms with E-state index in [4.69, 9.17) is 0 Å². The number of rotatable bonds is 5. The van der Waals surface area contributed by atoms with Gasteiger partial charge in [-0.1, -0.05) is 0 Å². The lowest BCUT2D eigenvalue weighted by Crippen LogP contribution is -2.08. The molecule has 0 aliphatic rings. The zero-order valence-electron chi connectivity index (χ0n) is 10.2. The first-order chi connectivity index (χ1) is 8.29. The van der Waals surface area contributed by atoms with Crippen LogP contribution in [0.1, 0.15) is 17.7 Å². The monoisotopic (exact) mass is 231 g/mol. The Balaban J connectivity index is 2.07. The zero-order chi connectivity index (χ0) is 12.1. The standard InChI is InChI=1S/C12H17N5/c1-10-6-12(15-9-14-10)17-8-11(7-16-17)4-3-5-13-2/h6-9,13H,3-5H2,1-2H3. The Hall–Kier alpha value is -1.75. The van der Waals surface area contributed by atoms with Crippen molar-refractivity contribution in [2.75, 3.05) is 13.6 Å².